The van der Waals surface area contributed by atoms with Gasteiger partial charge in [0.2, 0.25) is 5.91 Å². The van der Waals surface area contributed by atoms with E-state index >= 15 is 0 Å². The summed E-state index contributed by atoms with van der Waals surface area (Å²) in [5.41, 5.74) is 2.90. The summed E-state index contributed by atoms with van der Waals surface area (Å²) in [6.45, 7) is 2.08. The molecule has 0 atom stereocenters. The van der Waals surface area contributed by atoms with E-state index in [1.54, 1.807) is 6.07 Å². The van der Waals surface area contributed by atoms with Gasteiger partial charge < -0.3 is 4.90 Å². The van der Waals surface area contributed by atoms with Crippen LogP contribution in [0.25, 0.3) is 0 Å². The normalized spacial score (nSPS) is 15.4. The summed E-state index contributed by atoms with van der Waals surface area (Å²) in [5, 5.41) is 1.10. The molecule has 0 unspecified atom stereocenters. The molecule has 0 bridgehead atoms. The van der Waals surface area contributed by atoms with Gasteiger partial charge in [0, 0.05) is 28.2 Å². The lowest BCUT2D eigenvalue weighted by molar-refractivity contribution is -0.115. The number of anilines is 1. The second-order valence-electron chi connectivity index (χ2n) is 4.83. The van der Waals surface area contributed by atoms with Crippen LogP contribution in [0.4, 0.5) is 5.69 Å². The molecule has 0 saturated carbocycles. The highest BCUT2D eigenvalue weighted by Crippen LogP contribution is 2.32. The maximum absolute atomic E-state index is 11.5. The predicted molar refractivity (Wildman–Crippen MR) is 86.3 cm³/mol. The molecule has 0 spiro atoms. The molecule has 106 valence electrons. The van der Waals surface area contributed by atoms with Crippen LogP contribution >= 0.6 is 23.2 Å². The van der Waals surface area contributed by atoms with Crippen molar-refractivity contribution in [2.24, 2.45) is 4.99 Å². The van der Waals surface area contributed by atoms with Crippen molar-refractivity contribution in [2.75, 3.05) is 4.90 Å². The number of hydrogen-bond donors (Lipinski definition) is 0. The summed E-state index contributed by atoms with van der Waals surface area (Å²) in [5.74, 6) is 0.399. The number of amidine groups is 1. The first-order valence-electron chi connectivity index (χ1n) is 6.46. The quantitative estimate of drug-likeness (QED) is 0.785. The summed E-state index contributed by atoms with van der Waals surface area (Å²) < 4.78 is 0. The molecule has 21 heavy (non-hydrogen) atoms. The highest BCUT2D eigenvalue weighted by atomic mass is 35.5. The van der Waals surface area contributed by atoms with Gasteiger partial charge in [-0.05, 0) is 23.8 Å². The molecule has 0 fully saturated rings. The molecule has 1 amide bonds. The van der Waals surface area contributed by atoms with Gasteiger partial charge in [-0.25, -0.2) is 0 Å². The van der Waals surface area contributed by atoms with Crippen LogP contribution < -0.4 is 4.90 Å². The molecule has 0 saturated heterocycles. The molecule has 5 heteroatoms. The van der Waals surface area contributed by atoms with Crippen molar-refractivity contribution in [3.05, 3.63) is 63.6 Å². The Morgan fingerprint density at radius 3 is 2.48 bits per heavy atom. The molecule has 3 nitrogen and oxygen atoms in total. The molecular weight excluding hydrogens is 307 g/mol. The van der Waals surface area contributed by atoms with E-state index in [0.717, 1.165) is 16.8 Å². The number of carbonyl (C=O) groups excluding carboxylic acids is 1. The number of nitrogens with zero attached hydrogens (tertiary/aromatic N) is 2. The maximum Gasteiger partial charge on any atom is 0.244 e. The number of aliphatic imine (C=N–C) groups is 1. The van der Waals surface area contributed by atoms with E-state index < -0.39 is 0 Å². The third-order valence-electron chi connectivity index (χ3n) is 3.26. The fourth-order valence-corrected chi connectivity index (χ4v) is 2.96. The van der Waals surface area contributed by atoms with Crippen molar-refractivity contribution in [3.63, 3.8) is 0 Å². The Morgan fingerprint density at radius 2 is 1.81 bits per heavy atom. The Kier molecular flexibility index (Phi) is 3.70. The minimum absolute atomic E-state index is 0.236. The fourth-order valence-electron chi connectivity index (χ4n) is 2.45. The Bertz CT molecular complexity index is 735. The molecule has 0 radical (unpaired) electrons. The Balaban J connectivity index is 2.13. The van der Waals surface area contributed by atoms with Crippen LogP contribution in [-0.2, 0) is 11.3 Å². The van der Waals surface area contributed by atoms with E-state index in [9.17, 15) is 4.79 Å². The van der Waals surface area contributed by atoms with Gasteiger partial charge in [0.1, 0.15) is 5.84 Å². The molecule has 2 aromatic carbocycles. The first kappa shape index (κ1) is 14.1. The number of halogens is 2. The molecular formula is C16H12Cl2N2O. The van der Waals surface area contributed by atoms with E-state index in [4.69, 9.17) is 23.2 Å². The van der Waals surface area contributed by atoms with Gasteiger partial charge in [0.25, 0.3) is 0 Å². The number of rotatable bonds is 1. The van der Waals surface area contributed by atoms with Crippen LogP contribution in [0.5, 0.6) is 0 Å². The first-order chi connectivity index (χ1) is 10.0. The Labute approximate surface area is 132 Å². The van der Waals surface area contributed by atoms with E-state index in [1.165, 1.54) is 6.92 Å². The van der Waals surface area contributed by atoms with Gasteiger partial charge in [-0.2, -0.15) is 4.99 Å². The highest BCUT2D eigenvalue weighted by Gasteiger charge is 2.27. The zero-order valence-corrected chi connectivity index (χ0v) is 12.8. The van der Waals surface area contributed by atoms with Crippen molar-refractivity contribution in [1.29, 1.82) is 0 Å². The number of hydrogen-bond acceptors (Lipinski definition) is 1. The standard InChI is InChI=1S/C16H12Cl2N2O/c1-10(21)19-16-15-5-3-2-4-11(15)9-20(16)14-7-12(17)6-13(18)8-14/h2-8H,9H2,1H3. The summed E-state index contributed by atoms with van der Waals surface area (Å²) in [6, 6.07) is 13.2. The van der Waals surface area contributed by atoms with Crippen LogP contribution in [0.3, 0.4) is 0 Å². The first-order valence-corrected chi connectivity index (χ1v) is 7.21. The van der Waals surface area contributed by atoms with Crippen LogP contribution in [0, 0.1) is 0 Å². The van der Waals surface area contributed by atoms with Crippen molar-refractivity contribution in [2.45, 2.75) is 13.5 Å². The van der Waals surface area contributed by atoms with Crippen LogP contribution in [0.1, 0.15) is 18.1 Å². The SMILES string of the molecule is CC(=O)N=C1c2ccccc2CN1c1cc(Cl)cc(Cl)c1. The number of benzene rings is 2. The fraction of sp³-hybridized carbons (Fsp3) is 0.125. The second-order valence-corrected chi connectivity index (χ2v) is 5.70. The number of carbonyl (C=O) groups is 1. The van der Waals surface area contributed by atoms with Crippen LogP contribution in [-0.4, -0.2) is 11.7 Å². The van der Waals surface area contributed by atoms with Crippen molar-refractivity contribution < 1.29 is 4.79 Å². The Morgan fingerprint density at radius 1 is 1.14 bits per heavy atom. The Hall–Kier alpha value is -1.84. The van der Waals surface area contributed by atoms with E-state index in [1.807, 2.05) is 41.3 Å². The topological polar surface area (TPSA) is 32.7 Å². The number of amides is 1. The molecule has 0 N–H and O–H groups in total. The minimum atomic E-state index is -0.236. The van der Waals surface area contributed by atoms with Gasteiger partial charge in [-0.1, -0.05) is 47.5 Å². The number of fused-ring (bicyclic) bond motifs is 1. The van der Waals surface area contributed by atoms with Crippen molar-refractivity contribution in [3.8, 4) is 0 Å². The largest absolute Gasteiger partial charge is 0.321 e. The molecule has 0 aromatic heterocycles. The molecule has 1 aliphatic heterocycles. The van der Waals surface area contributed by atoms with E-state index in [2.05, 4.69) is 4.99 Å². The van der Waals surface area contributed by atoms with E-state index in [0.29, 0.717) is 22.4 Å². The lowest BCUT2D eigenvalue weighted by Gasteiger charge is -2.19. The summed E-state index contributed by atoms with van der Waals surface area (Å²) in [4.78, 5) is 17.6. The summed E-state index contributed by atoms with van der Waals surface area (Å²) in [7, 11) is 0. The lowest BCUT2D eigenvalue weighted by Crippen LogP contribution is -2.25. The molecule has 2 aromatic rings. The third-order valence-corrected chi connectivity index (χ3v) is 3.70. The van der Waals surface area contributed by atoms with Gasteiger partial charge in [0.15, 0.2) is 0 Å². The molecule has 3 rings (SSSR count). The predicted octanol–water partition coefficient (Wildman–Crippen LogP) is 4.31. The molecule has 1 aliphatic rings. The average Bonchev–Trinajstić information content (AvgIpc) is 2.76. The lowest BCUT2D eigenvalue weighted by atomic mass is 10.1. The van der Waals surface area contributed by atoms with E-state index in [-0.39, 0.29) is 5.91 Å². The summed E-state index contributed by atoms with van der Waals surface area (Å²) in [6.07, 6.45) is 0. The van der Waals surface area contributed by atoms with Gasteiger partial charge in [-0.15, -0.1) is 0 Å². The second kappa shape index (κ2) is 5.51. The van der Waals surface area contributed by atoms with Crippen LogP contribution in [0.2, 0.25) is 10.0 Å². The zero-order valence-electron chi connectivity index (χ0n) is 11.3. The average molecular weight is 319 g/mol. The zero-order chi connectivity index (χ0) is 15.0. The smallest absolute Gasteiger partial charge is 0.244 e. The van der Waals surface area contributed by atoms with Crippen molar-refractivity contribution in [1.82, 2.24) is 0 Å². The molecule has 1 heterocycles. The molecule has 0 aliphatic carbocycles. The third kappa shape index (κ3) is 2.80. The summed E-state index contributed by atoms with van der Waals surface area (Å²) >= 11 is 12.2. The monoisotopic (exact) mass is 318 g/mol. The van der Waals surface area contributed by atoms with Gasteiger partial charge >= 0.3 is 0 Å². The van der Waals surface area contributed by atoms with Gasteiger partial charge in [-0.3, -0.25) is 4.79 Å². The van der Waals surface area contributed by atoms with Crippen LogP contribution in [0.15, 0.2) is 47.5 Å². The maximum atomic E-state index is 11.5. The minimum Gasteiger partial charge on any atom is -0.321 e. The highest BCUT2D eigenvalue weighted by molar-refractivity contribution is 6.35. The van der Waals surface area contributed by atoms with Gasteiger partial charge in [0.05, 0.1) is 6.54 Å². The van der Waals surface area contributed by atoms with Crippen molar-refractivity contribution >= 4 is 40.6 Å².